The van der Waals surface area contributed by atoms with Gasteiger partial charge in [-0.05, 0) is 49.1 Å². The molecule has 0 saturated carbocycles. The van der Waals surface area contributed by atoms with Gasteiger partial charge in [-0.25, -0.2) is 13.7 Å². The Hall–Kier alpha value is -2.18. The number of hydrogen-bond acceptors (Lipinski definition) is 7. The van der Waals surface area contributed by atoms with Crippen LogP contribution in [-0.2, 0) is 0 Å². The molecule has 2 heterocycles. The summed E-state index contributed by atoms with van der Waals surface area (Å²) in [6.45, 7) is 7.81. The summed E-state index contributed by atoms with van der Waals surface area (Å²) < 4.78 is 14.6. The van der Waals surface area contributed by atoms with Crippen molar-refractivity contribution in [1.82, 2.24) is 9.29 Å². The van der Waals surface area contributed by atoms with E-state index in [1.54, 1.807) is 18.0 Å². The van der Waals surface area contributed by atoms with Gasteiger partial charge in [0.2, 0.25) is 0 Å². The molecule has 1 aliphatic rings. The van der Waals surface area contributed by atoms with Gasteiger partial charge in [0.05, 0.1) is 11.2 Å². The zero-order valence-electron chi connectivity index (χ0n) is 16.4. The molecule has 0 spiro atoms. The van der Waals surface area contributed by atoms with Crippen molar-refractivity contribution in [3.05, 3.63) is 53.5 Å². The van der Waals surface area contributed by atoms with Gasteiger partial charge in [-0.2, -0.15) is 5.26 Å². The number of aromatic hydroxyl groups is 1. The Kier molecular flexibility index (Phi) is 9.90. The fourth-order valence-corrected chi connectivity index (χ4v) is 3.28. The van der Waals surface area contributed by atoms with Crippen molar-refractivity contribution in [3.8, 4) is 11.8 Å². The number of rotatable bonds is 3. The topological polar surface area (TPSA) is 106 Å². The molecule has 1 atom stereocenters. The molecule has 1 fully saturated rings. The number of nitrogens with two attached hydrogens (primary N) is 1. The number of benzene rings is 1. The lowest BCUT2D eigenvalue weighted by Crippen LogP contribution is -2.39. The lowest BCUT2D eigenvalue weighted by Gasteiger charge is -2.20. The standard InChI is InChI=1S/C11H17N3OS.C7H4FNO.C2H6/c1-9-2-3-10(13-6-9)16-14-5-4-11(15,7-12)8-14;8-7-3-6(10)2-1-5(7)4-9;1-2/h2-3,6,15H,4-5,7-8,12H2,1H3;1-3,10H;1-2H3. The van der Waals surface area contributed by atoms with Crippen LogP contribution in [0.2, 0.25) is 0 Å². The van der Waals surface area contributed by atoms with Crippen LogP contribution < -0.4 is 5.73 Å². The molecule has 4 N–H and O–H groups in total. The van der Waals surface area contributed by atoms with E-state index in [2.05, 4.69) is 9.29 Å². The molecule has 1 aliphatic heterocycles. The average Bonchev–Trinajstić information content (AvgIpc) is 3.07. The van der Waals surface area contributed by atoms with Crippen molar-refractivity contribution in [3.63, 3.8) is 0 Å². The van der Waals surface area contributed by atoms with E-state index in [-0.39, 0.29) is 11.3 Å². The van der Waals surface area contributed by atoms with Crippen LogP contribution in [0.4, 0.5) is 4.39 Å². The number of aromatic nitrogens is 1. The van der Waals surface area contributed by atoms with E-state index in [0.29, 0.717) is 13.1 Å². The van der Waals surface area contributed by atoms with E-state index in [4.69, 9.17) is 16.1 Å². The lowest BCUT2D eigenvalue weighted by atomic mass is 10.1. The third-order valence-electron chi connectivity index (χ3n) is 3.86. The molecular weight excluding hydrogens is 379 g/mol. The average molecular weight is 407 g/mol. The van der Waals surface area contributed by atoms with Gasteiger partial charge in [0.15, 0.2) is 0 Å². The number of nitrogens with zero attached hydrogens (tertiary/aromatic N) is 3. The van der Waals surface area contributed by atoms with Crippen molar-refractivity contribution >= 4 is 11.9 Å². The maximum absolute atomic E-state index is 12.5. The molecule has 6 nitrogen and oxygen atoms in total. The zero-order chi connectivity index (χ0) is 21.2. The molecule has 0 amide bonds. The lowest BCUT2D eigenvalue weighted by molar-refractivity contribution is 0.0659. The molecule has 28 heavy (non-hydrogen) atoms. The number of phenols is 1. The predicted molar refractivity (Wildman–Crippen MR) is 109 cm³/mol. The van der Waals surface area contributed by atoms with Gasteiger partial charge in [-0.15, -0.1) is 0 Å². The number of hydrogen-bond donors (Lipinski definition) is 3. The van der Waals surface area contributed by atoms with Gasteiger partial charge in [0.1, 0.15) is 22.7 Å². The molecule has 0 bridgehead atoms. The van der Waals surface area contributed by atoms with Crippen LogP contribution in [-0.4, -0.2) is 44.7 Å². The Morgan fingerprint density at radius 1 is 1.36 bits per heavy atom. The van der Waals surface area contributed by atoms with E-state index in [0.717, 1.165) is 29.6 Å². The van der Waals surface area contributed by atoms with Gasteiger partial charge in [-0.1, -0.05) is 19.9 Å². The first kappa shape index (κ1) is 23.9. The van der Waals surface area contributed by atoms with Gasteiger partial charge >= 0.3 is 0 Å². The number of β-amino-alcohol motifs (C(OH)–C–C–N with tert-alkyl or cyclic N) is 1. The van der Waals surface area contributed by atoms with E-state index < -0.39 is 11.4 Å². The molecule has 1 aromatic carbocycles. The maximum atomic E-state index is 12.5. The number of phenolic OH excluding ortho intramolecular Hbond substituents is 1. The summed E-state index contributed by atoms with van der Waals surface area (Å²) in [5, 5.41) is 27.9. The largest absolute Gasteiger partial charge is 0.508 e. The molecule has 1 saturated heterocycles. The number of aryl methyl sites for hydroxylation is 1. The minimum absolute atomic E-state index is 0.0576. The minimum Gasteiger partial charge on any atom is -0.508 e. The van der Waals surface area contributed by atoms with Crippen molar-refractivity contribution in [1.29, 1.82) is 5.26 Å². The first-order valence-electron chi connectivity index (χ1n) is 9.02. The Labute approximate surface area is 170 Å². The second-order valence-corrected chi connectivity index (χ2v) is 7.20. The summed E-state index contributed by atoms with van der Waals surface area (Å²) in [6.07, 6.45) is 2.59. The van der Waals surface area contributed by atoms with Crippen LogP contribution in [0, 0.1) is 24.1 Å². The van der Waals surface area contributed by atoms with Gasteiger partial charge in [0, 0.05) is 31.9 Å². The van der Waals surface area contributed by atoms with E-state index in [1.807, 2.05) is 39.1 Å². The van der Waals surface area contributed by atoms with E-state index >= 15 is 0 Å². The third-order valence-corrected chi connectivity index (χ3v) is 4.86. The monoisotopic (exact) mass is 406 g/mol. The van der Waals surface area contributed by atoms with Crippen LogP contribution in [0.15, 0.2) is 41.6 Å². The molecule has 1 aromatic heterocycles. The summed E-state index contributed by atoms with van der Waals surface area (Å²) in [7, 11) is 0. The molecule has 3 rings (SSSR count). The highest BCUT2D eigenvalue weighted by atomic mass is 32.2. The summed E-state index contributed by atoms with van der Waals surface area (Å²) in [6, 6.07) is 9.07. The number of pyridine rings is 1. The summed E-state index contributed by atoms with van der Waals surface area (Å²) in [5.74, 6) is -0.862. The summed E-state index contributed by atoms with van der Waals surface area (Å²) in [4.78, 5) is 4.32. The third kappa shape index (κ3) is 7.44. The number of nitriles is 1. The highest BCUT2D eigenvalue weighted by molar-refractivity contribution is 7.97. The molecule has 1 unspecified atom stereocenters. The van der Waals surface area contributed by atoms with Crippen LogP contribution >= 0.6 is 11.9 Å². The first-order valence-corrected chi connectivity index (χ1v) is 9.79. The summed E-state index contributed by atoms with van der Waals surface area (Å²) >= 11 is 1.58. The predicted octanol–water partition coefficient (Wildman–Crippen LogP) is 3.22. The van der Waals surface area contributed by atoms with Crippen molar-refractivity contribution in [2.75, 3.05) is 19.6 Å². The second-order valence-electron chi connectivity index (χ2n) is 6.08. The zero-order valence-corrected chi connectivity index (χ0v) is 17.2. The SMILES string of the molecule is CC.Cc1ccc(SN2CCC(O)(CN)C2)nc1.N#Cc1ccc(O)cc1F. The maximum Gasteiger partial charge on any atom is 0.144 e. The molecule has 0 radical (unpaired) electrons. The van der Waals surface area contributed by atoms with Crippen LogP contribution in [0.5, 0.6) is 5.75 Å². The van der Waals surface area contributed by atoms with E-state index in [1.165, 1.54) is 12.1 Å². The normalized spacial score (nSPS) is 18.3. The number of halogens is 1. The van der Waals surface area contributed by atoms with Crippen molar-refractivity contribution < 1.29 is 14.6 Å². The Balaban J connectivity index is 0.000000281. The van der Waals surface area contributed by atoms with E-state index in [9.17, 15) is 9.50 Å². The Bertz CT molecular complexity index is 783. The molecule has 8 heteroatoms. The van der Waals surface area contributed by atoms with Crippen LogP contribution in [0.25, 0.3) is 0 Å². The van der Waals surface area contributed by atoms with Gasteiger partial charge < -0.3 is 15.9 Å². The van der Waals surface area contributed by atoms with Crippen molar-refractivity contribution in [2.24, 2.45) is 5.73 Å². The Morgan fingerprint density at radius 3 is 2.57 bits per heavy atom. The van der Waals surface area contributed by atoms with Crippen LogP contribution in [0.3, 0.4) is 0 Å². The van der Waals surface area contributed by atoms with Gasteiger partial charge in [-0.3, -0.25) is 0 Å². The fraction of sp³-hybridized carbons (Fsp3) is 0.400. The highest BCUT2D eigenvalue weighted by Gasteiger charge is 2.35. The first-order chi connectivity index (χ1) is 13.3. The second kappa shape index (κ2) is 11.6. The highest BCUT2D eigenvalue weighted by Crippen LogP contribution is 2.29. The molecule has 2 aromatic rings. The summed E-state index contributed by atoms with van der Waals surface area (Å²) in [5.41, 5.74) is 5.93. The van der Waals surface area contributed by atoms with Crippen LogP contribution in [0.1, 0.15) is 31.4 Å². The smallest absolute Gasteiger partial charge is 0.144 e. The minimum atomic E-state index is -0.711. The molecule has 152 valence electrons. The Morgan fingerprint density at radius 2 is 2.07 bits per heavy atom. The number of aliphatic hydroxyl groups is 1. The molecular formula is C20H27FN4O2S. The quantitative estimate of drug-likeness (QED) is 0.672. The molecule has 0 aliphatic carbocycles. The van der Waals surface area contributed by atoms with Crippen molar-refractivity contribution in [2.45, 2.75) is 37.8 Å². The fourth-order valence-electron chi connectivity index (χ4n) is 2.30. The van der Waals surface area contributed by atoms with Gasteiger partial charge in [0.25, 0.3) is 0 Å².